The van der Waals surface area contributed by atoms with Crippen LogP contribution in [0.4, 0.5) is 5.82 Å². The van der Waals surface area contributed by atoms with E-state index in [0.29, 0.717) is 6.04 Å². The molecule has 1 amide bonds. The summed E-state index contributed by atoms with van der Waals surface area (Å²) in [5.74, 6) is 1.86. The van der Waals surface area contributed by atoms with Crippen LogP contribution in [0.1, 0.15) is 12.8 Å². The molecule has 26 heavy (non-hydrogen) atoms. The molecule has 0 radical (unpaired) electrons. The SMILES string of the molecule is CN[C@@H]1CCCN(C(=O)C2=CN(c3ncnc4[nH]ccc34)CCS2)C1.Cl. The third-order valence-electron chi connectivity index (χ3n) is 4.80. The van der Waals surface area contributed by atoms with Gasteiger partial charge in [-0.2, -0.15) is 0 Å². The summed E-state index contributed by atoms with van der Waals surface area (Å²) in [6.45, 7) is 2.45. The number of likely N-dealkylation sites (tertiary alicyclic amines) is 1. The Bertz CT molecular complexity index is 809. The average Bonchev–Trinajstić information content (AvgIpc) is 3.16. The number of likely N-dealkylation sites (N-methyl/N-ethyl adjacent to an activating group) is 1. The smallest absolute Gasteiger partial charge is 0.261 e. The van der Waals surface area contributed by atoms with Crippen molar-refractivity contribution in [3.05, 3.63) is 29.7 Å². The van der Waals surface area contributed by atoms with E-state index in [4.69, 9.17) is 0 Å². The molecule has 0 spiro atoms. The molecule has 4 rings (SSSR count). The van der Waals surface area contributed by atoms with Gasteiger partial charge in [0.2, 0.25) is 0 Å². The number of halogens is 1. The molecule has 1 atom stereocenters. The number of nitrogens with zero attached hydrogens (tertiary/aromatic N) is 4. The van der Waals surface area contributed by atoms with Gasteiger partial charge >= 0.3 is 0 Å². The molecule has 0 saturated carbocycles. The number of aromatic nitrogens is 3. The number of carbonyl (C=O) groups excluding carboxylic acids is 1. The highest BCUT2D eigenvalue weighted by Crippen LogP contribution is 2.30. The maximum atomic E-state index is 12.9. The van der Waals surface area contributed by atoms with E-state index in [1.165, 1.54) is 0 Å². The van der Waals surface area contributed by atoms with Crippen LogP contribution in [-0.2, 0) is 4.79 Å². The molecule has 0 unspecified atom stereocenters. The third-order valence-corrected chi connectivity index (χ3v) is 5.77. The number of thioether (sulfide) groups is 1. The normalized spacial score (nSPS) is 20.7. The van der Waals surface area contributed by atoms with Crippen LogP contribution in [-0.4, -0.2) is 64.2 Å². The number of piperidine rings is 1. The van der Waals surface area contributed by atoms with Crippen LogP contribution >= 0.6 is 24.2 Å². The number of anilines is 1. The number of carbonyl (C=O) groups is 1. The van der Waals surface area contributed by atoms with Gasteiger partial charge in [-0.25, -0.2) is 9.97 Å². The zero-order valence-corrected chi connectivity index (χ0v) is 16.3. The Morgan fingerprint density at radius 2 is 2.27 bits per heavy atom. The maximum absolute atomic E-state index is 12.9. The minimum Gasteiger partial charge on any atom is -0.346 e. The number of fused-ring (bicyclic) bond motifs is 1. The lowest BCUT2D eigenvalue weighted by Gasteiger charge is -2.34. The highest BCUT2D eigenvalue weighted by atomic mass is 35.5. The Morgan fingerprint density at radius 1 is 1.38 bits per heavy atom. The van der Waals surface area contributed by atoms with E-state index < -0.39 is 0 Å². The number of hydrogen-bond donors (Lipinski definition) is 2. The van der Waals surface area contributed by atoms with E-state index in [9.17, 15) is 4.79 Å². The number of aromatic amines is 1. The number of H-pyrrole nitrogens is 1. The fourth-order valence-electron chi connectivity index (χ4n) is 3.42. The predicted molar refractivity (Wildman–Crippen MR) is 108 cm³/mol. The van der Waals surface area contributed by atoms with Crippen molar-refractivity contribution >= 4 is 46.9 Å². The zero-order chi connectivity index (χ0) is 17.2. The lowest BCUT2D eigenvalue weighted by molar-refractivity contribution is -0.127. The van der Waals surface area contributed by atoms with Crippen LogP contribution in [0, 0.1) is 0 Å². The Hall–Kier alpha value is -1.77. The Morgan fingerprint density at radius 3 is 3.12 bits per heavy atom. The monoisotopic (exact) mass is 394 g/mol. The first kappa shape index (κ1) is 19.0. The highest BCUT2D eigenvalue weighted by molar-refractivity contribution is 8.04. The molecule has 1 saturated heterocycles. The topological polar surface area (TPSA) is 77.2 Å². The van der Waals surface area contributed by atoms with Crippen LogP contribution in [0.25, 0.3) is 11.0 Å². The molecule has 4 heterocycles. The molecule has 2 aliphatic rings. The number of nitrogens with one attached hydrogen (secondary N) is 2. The third kappa shape index (κ3) is 3.67. The van der Waals surface area contributed by atoms with Crippen molar-refractivity contribution in [3.63, 3.8) is 0 Å². The number of rotatable bonds is 3. The van der Waals surface area contributed by atoms with E-state index >= 15 is 0 Å². The minimum atomic E-state index is 0. The van der Waals surface area contributed by atoms with Crippen molar-refractivity contribution in [2.75, 3.05) is 37.3 Å². The van der Waals surface area contributed by atoms with Crippen LogP contribution in [0.15, 0.2) is 29.7 Å². The van der Waals surface area contributed by atoms with Crippen LogP contribution in [0.3, 0.4) is 0 Å². The van der Waals surface area contributed by atoms with Gasteiger partial charge in [-0.15, -0.1) is 24.2 Å². The van der Waals surface area contributed by atoms with E-state index in [1.54, 1.807) is 18.1 Å². The summed E-state index contributed by atoms with van der Waals surface area (Å²) < 4.78 is 0. The zero-order valence-electron chi connectivity index (χ0n) is 14.6. The quantitative estimate of drug-likeness (QED) is 0.829. The lowest BCUT2D eigenvalue weighted by atomic mass is 10.1. The summed E-state index contributed by atoms with van der Waals surface area (Å²) in [7, 11) is 1.96. The fraction of sp³-hybridized carbons (Fsp3) is 0.471. The lowest BCUT2D eigenvalue weighted by Crippen LogP contribution is -2.47. The molecule has 2 aromatic rings. The van der Waals surface area contributed by atoms with Crippen LogP contribution in [0.5, 0.6) is 0 Å². The van der Waals surface area contributed by atoms with Gasteiger partial charge in [0.25, 0.3) is 5.91 Å². The van der Waals surface area contributed by atoms with E-state index in [2.05, 4.69) is 25.2 Å². The Labute approximate surface area is 163 Å². The van der Waals surface area contributed by atoms with Crippen molar-refractivity contribution < 1.29 is 4.79 Å². The molecule has 2 aliphatic heterocycles. The summed E-state index contributed by atoms with van der Waals surface area (Å²) in [4.78, 5) is 29.6. The molecule has 2 aromatic heterocycles. The van der Waals surface area contributed by atoms with Crippen molar-refractivity contribution in [3.8, 4) is 0 Å². The standard InChI is InChI=1S/C17H22N6OS.ClH/c1-18-12-3-2-6-23(9-12)17(24)14-10-22(7-8-25-14)16-13-4-5-19-15(13)20-11-21-16;/h4-5,10-12,18H,2-3,6-9H2,1H3,(H,19,20,21);1H/t12-;/m1./s1. The summed E-state index contributed by atoms with van der Waals surface area (Å²) >= 11 is 1.64. The second kappa shape index (κ2) is 8.28. The molecule has 1 fully saturated rings. The molecule has 0 bridgehead atoms. The molecule has 9 heteroatoms. The molecule has 2 N–H and O–H groups in total. The van der Waals surface area contributed by atoms with Crippen molar-refractivity contribution in [1.82, 2.24) is 25.2 Å². The summed E-state index contributed by atoms with van der Waals surface area (Å²) in [6, 6.07) is 2.37. The summed E-state index contributed by atoms with van der Waals surface area (Å²) in [5, 5.41) is 4.27. The predicted octanol–water partition coefficient (Wildman–Crippen LogP) is 1.98. The van der Waals surface area contributed by atoms with Gasteiger partial charge in [0.05, 0.1) is 10.3 Å². The highest BCUT2D eigenvalue weighted by Gasteiger charge is 2.27. The molecule has 0 aromatic carbocycles. The molecular weight excluding hydrogens is 372 g/mol. The van der Waals surface area contributed by atoms with E-state index in [-0.39, 0.29) is 18.3 Å². The summed E-state index contributed by atoms with van der Waals surface area (Å²) in [6.07, 6.45) is 7.56. The second-order valence-corrected chi connectivity index (χ2v) is 7.49. The van der Waals surface area contributed by atoms with Crippen LogP contribution < -0.4 is 10.2 Å². The van der Waals surface area contributed by atoms with Gasteiger partial charge in [-0.3, -0.25) is 4.79 Å². The number of hydrogen-bond acceptors (Lipinski definition) is 6. The largest absolute Gasteiger partial charge is 0.346 e. The fourth-order valence-corrected chi connectivity index (χ4v) is 4.38. The van der Waals surface area contributed by atoms with Gasteiger partial charge in [0.1, 0.15) is 17.8 Å². The van der Waals surface area contributed by atoms with Gasteiger partial charge in [0, 0.05) is 43.8 Å². The first-order valence-corrected chi connectivity index (χ1v) is 9.60. The average molecular weight is 395 g/mol. The Balaban J connectivity index is 0.00000196. The van der Waals surface area contributed by atoms with Crippen molar-refractivity contribution in [1.29, 1.82) is 0 Å². The van der Waals surface area contributed by atoms with Gasteiger partial charge in [-0.05, 0) is 26.0 Å². The first-order valence-electron chi connectivity index (χ1n) is 8.62. The molecular formula is C17H23ClN6OS. The van der Waals surface area contributed by atoms with Crippen LogP contribution in [0.2, 0.25) is 0 Å². The van der Waals surface area contributed by atoms with Crippen molar-refractivity contribution in [2.24, 2.45) is 0 Å². The minimum absolute atomic E-state index is 0. The van der Waals surface area contributed by atoms with Gasteiger partial charge < -0.3 is 20.1 Å². The molecule has 140 valence electrons. The summed E-state index contributed by atoms with van der Waals surface area (Å²) in [5.41, 5.74) is 0.817. The second-order valence-electron chi connectivity index (χ2n) is 6.35. The van der Waals surface area contributed by atoms with Gasteiger partial charge in [-0.1, -0.05) is 0 Å². The molecule has 0 aliphatic carbocycles. The van der Waals surface area contributed by atoms with E-state index in [0.717, 1.165) is 60.0 Å². The molecule has 7 nitrogen and oxygen atoms in total. The van der Waals surface area contributed by atoms with E-state index in [1.807, 2.05) is 30.4 Å². The first-order chi connectivity index (χ1) is 12.3. The van der Waals surface area contributed by atoms with Gasteiger partial charge in [0.15, 0.2) is 0 Å². The number of amides is 1. The Kier molecular flexibility index (Phi) is 6.05. The van der Waals surface area contributed by atoms with Crippen molar-refractivity contribution in [2.45, 2.75) is 18.9 Å². The maximum Gasteiger partial charge on any atom is 0.261 e.